The van der Waals surface area contributed by atoms with Crippen molar-refractivity contribution in [1.82, 2.24) is 19.9 Å². The number of nitrogens with one attached hydrogen (secondary N) is 1. The molecule has 1 N–H and O–H groups in total. The van der Waals surface area contributed by atoms with Crippen LogP contribution in [0.25, 0.3) is 0 Å². The Balaban J connectivity index is 1.66. The van der Waals surface area contributed by atoms with Crippen molar-refractivity contribution in [2.75, 3.05) is 13.1 Å². The Kier molecular flexibility index (Phi) is 3.33. The highest BCUT2D eigenvalue weighted by Crippen LogP contribution is 2.40. The van der Waals surface area contributed by atoms with E-state index < -0.39 is 0 Å². The molecule has 1 saturated heterocycles. The van der Waals surface area contributed by atoms with Gasteiger partial charge in [0.15, 0.2) is 0 Å². The number of likely N-dealkylation sites (tertiary alicyclic amines) is 1. The van der Waals surface area contributed by atoms with Gasteiger partial charge in [0.1, 0.15) is 10.7 Å². The minimum atomic E-state index is -0.0194. The average Bonchev–Trinajstić information content (AvgIpc) is 3.12. The van der Waals surface area contributed by atoms with Gasteiger partial charge in [-0.3, -0.25) is 9.59 Å². The van der Waals surface area contributed by atoms with Crippen LogP contribution in [-0.2, 0) is 6.42 Å². The molecule has 2 aromatic rings. The minimum absolute atomic E-state index is 0.0194. The third kappa shape index (κ3) is 2.30. The van der Waals surface area contributed by atoms with Crippen LogP contribution in [0, 0.1) is 19.8 Å². The fraction of sp³-hybridized carbons (Fsp3) is 0.500. The second-order valence-corrected chi connectivity index (χ2v) is 7.25. The Labute approximate surface area is 137 Å². The summed E-state index contributed by atoms with van der Waals surface area (Å²) >= 11 is 1.40. The van der Waals surface area contributed by atoms with Gasteiger partial charge in [0.05, 0.1) is 16.9 Å². The summed E-state index contributed by atoms with van der Waals surface area (Å²) in [5, 5.41) is 0. The van der Waals surface area contributed by atoms with E-state index in [4.69, 9.17) is 0 Å². The molecule has 0 unspecified atom stereocenters. The molecule has 1 fully saturated rings. The summed E-state index contributed by atoms with van der Waals surface area (Å²) in [6, 6.07) is 0. The topological polar surface area (TPSA) is 79.0 Å². The van der Waals surface area contributed by atoms with Crippen LogP contribution in [-0.4, -0.2) is 38.8 Å². The summed E-state index contributed by atoms with van der Waals surface area (Å²) in [4.78, 5) is 39.0. The molecule has 0 saturated carbocycles. The number of H-pyrrole nitrogens is 1. The predicted octanol–water partition coefficient (Wildman–Crippen LogP) is 1.65. The summed E-state index contributed by atoms with van der Waals surface area (Å²) < 4.78 is 0. The molecule has 1 aliphatic heterocycles. The maximum absolute atomic E-state index is 12.7. The van der Waals surface area contributed by atoms with E-state index in [1.807, 2.05) is 18.7 Å². The van der Waals surface area contributed by atoms with Crippen LogP contribution in [0.3, 0.4) is 0 Å². The van der Waals surface area contributed by atoms with Crippen LogP contribution in [0.1, 0.15) is 44.8 Å². The third-order valence-electron chi connectivity index (χ3n) is 4.95. The SMILES string of the molecule is Cc1nc2c(c(=O)[nH]1)CC[C@@H]1CN(C(=O)c3scnc3C)C[C@H]21. The molecular weight excluding hydrogens is 312 g/mol. The zero-order chi connectivity index (χ0) is 16.1. The van der Waals surface area contributed by atoms with E-state index in [1.54, 1.807) is 5.51 Å². The van der Waals surface area contributed by atoms with Crippen molar-refractivity contribution in [3.05, 3.63) is 43.5 Å². The van der Waals surface area contributed by atoms with E-state index in [0.717, 1.165) is 41.2 Å². The van der Waals surface area contributed by atoms with Crippen LogP contribution in [0.4, 0.5) is 0 Å². The molecule has 0 bridgehead atoms. The highest BCUT2D eigenvalue weighted by molar-refractivity contribution is 7.11. The average molecular weight is 330 g/mol. The van der Waals surface area contributed by atoms with Crippen molar-refractivity contribution < 1.29 is 4.79 Å². The molecule has 6 nitrogen and oxygen atoms in total. The molecule has 0 radical (unpaired) electrons. The zero-order valence-electron chi connectivity index (χ0n) is 13.1. The Bertz CT molecular complexity index is 841. The molecule has 1 aliphatic carbocycles. The first-order chi connectivity index (χ1) is 11.0. The quantitative estimate of drug-likeness (QED) is 0.862. The number of amides is 1. The van der Waals surface area contributed by atoms with Crippen LogP contribution in [0.2, 0.25) is 0 Å². The molecule has 1 amide bonds. The van der Waals surface area contributed by atoms with E-state index in [2.05, 4.69) is 15.0 Å². The Morgan fingerprint density at radius 3 is 2.96 bits per heavy atom. The van der Waals surface area contributed by atoms with E-state index in [0.29, 0.717) is 18.3 Å². The summed E-state index contributed by atoms with van der Waals surface area (Å²) in [5.74, 6) is 1.28. The highest BCUT2D eigenvalue weighted by Gasteiger charge is 2.41. The van der Waals surface area contributed by atoms with Crippen LogP contribution < -0.4 is 5.56 Å². The van der Waals surface area contributed by atoms with Crippen molar-refractivity contribution in [3.63, 3.8) is 0 Å². The molecule has 2 aliphatic rings. The van der Waals surface area contributed by atoms with Gasteiger partial charge in [0.2, 0.25) is 0 Å². The highest BCUT2D eigenvalue weighted by atomic mass is 32.1. The first-order valence-electron chi connectivity index (χ1n) is 7.83. The van der Waals surface area contributed by atoms with Gasteiger partial charge in [-0.15, -0.1) is 11.3 Å². The number of carbonyl (C=O) groups is 1. The first-order valence-corrected chi connectivity index (χ1v) is 8.71. The Morgan fingerprint density at radius 1 is 1.39 bits per heavy atom. The molecule has 7 heteroatoms. The Hall–Kier alpha value is -2.02. The lowest BCUT2D eigenvalue weighted by Gasteiger charge is -2.25. The summed E-state index contributed by atoms with van der Waals surface area (Å²) in [6.45, 7) is 5.06. The van der Waals surface area contributed by atoms with Crippen molar-refractivity contribution in [1.29, 1.82) is 0 Å². The molecule has 120 valence electrons. The normalized spacial score (nSPS) is 22.8. The number of aryl methyl sites for hydroxylation is 2. The number of nitrogens with zero attached hydrogens (tertiary/aromatic N) is 3. The van der Waals surface area contributed by atoms with Gasteiger partial charge in [-0.1, -0.05) is 0 Å². The van der Waals surface area contributed by atoms with Crippen LogP contribution in [0.15, 0.2) is 10.3 Å². The maximum atomic E-state index is 12.7. The molecule has 3 heterocycles. The second kappa shape index (κ2) is 5.26. The fourth-order valence-electron chi connectivity index (χ4n) is 3.80. The lowest BCUT2D eigenvalue weighted by molar-refractivity contribution is 0.0789. The number of aromatic nitrogens is 3. The lowest BCUT2D eigenvalue weighted by Crippen LogP contribution is -2.29. The standard InChI is InChI=1S/C16H18N4O2S/c1-8-14(23-7-17-8)16(22)20-5-10-3-4-11-13(12(10)6-20)18-9(2)19-15(11)21/h7,10,12H,3-6H2,1-2H3,(H,18,19,21)/t10-,12+/m1/s1. The smallest absolute Gasteiger partial charge is 0.265 e. The lowest BCUT2D eigenvalue weighted by atomic mass is 9.80. The van der Waals surface area contributed by atoms with Crippen molar-refractivity contribution in [2.45, 2.75) is 32.6 Å². The molecular formula is C16H18N4O2S. The minimum Gasteiger partial charge on any atom is -0.337 e. The van der Waals surface area contributed by atoms with Gasteiger partial charge in [0, 0.05) is 24.6 Å². The monoisotopic (exact) mass is 330 g/mol. The van der Waals surface area contributed by atoms with Gasteiger partial charge < -0.3 is 9.88 Å². The number of rotatable bonds is 1. The number of thiazole rings is 1. The third-order valence-corrected chi connectivity index (χ3v) is 5.87. The largest absolute Gasteiger partial charge is 0.337 e. The number of hydrogen-bond donors (Lipinski definition) is 1. The molecule has 2 aromatic heterocycles. The van der Waals surface area contributed by atoms with Crippen molar-refractivity contribution in [2.24, 2.45) is 5.92 Å². The maximum Gasteiger partial charge on any atom is 0.265 e. The van der Waals surface area contributed by atoms with Crippen LogP contribution >= 0.6 is 11.3 Å². The van der Waals surface area contributed by atoms with Crippen LogP contribution in [0.5, 0.6) is 0 Å². The Morgan fingerprint density at radius 2 is 2.22 bits per heavy atom. The van der Waals surface area contributed by atoms with E-state index in [-0.39, 0.29) is 17.4 Å². The molecule has 0 spiro atoms. The molecule has 23 heavy (non-hydrogen) atoms. The van der Waals surface area contributed by atoms with Gasteiger partial charge in [0.25, 0.3) is 11.5 Å². The fourth-order valence-corrected chi connectivity index (χ4v) is 4.57. The summed E-state index contributed by atoms with van der Waals surface area (Å²) in [6.07, 6.45) is 1.69. The predicted molar refractivity (Wildman–Crippen MR) is 86.9 cm³/mol. The number of aromatic amines is 1. The number of carbonyl (C=O) groups excluding carboxylic acids is 1. The van der Waals surface area contributed by atoms with Crippen molar-refractivity contribution in [3.8, 4) is 0 Å². The van der Waals surface area contributed by atoms with Gasteiger partial charge in [-0.25, -0.2) is 9.97 Å². The summed E-state index contributed by atoms with van der Waals surface area (Å²) in [7, 11) is 0. The van der Waals surface area contributed by atoms with Crippen molar-refractivity contribution >= 4 is 17.2 Å². The molecule has 2 atom stereocenters. The number of hydrogen-bond acceptors (Lipinski definition) is 5. The van der Waals surface area contributed by atoms with Gasteiger partial charge >= 0.3 is 0 Å². The van der Waals surface area contributed by atoms with E-state index in [9.17, 15) is 9.59 Å². The zero-order valence-corrected chi connectivity index (χ0v) is 13.9. The second-order valence-electron chi connectivity index (χ2n) is 6.40. The van der Waals surface area contributed by atoms with E-state index >= 15 is 0 Å². The molecule has 0 aromatic carbocycles. The number of fused-ring (bicyclic) bond motifs is 3. The molecule has 4 rings (SSSR count). The van der Waals surface area contributed by atoms with Gasteiger partial charge in [-0.05, 0) is 32.6 Å². The van der Waals surface area contributed by atoms with Gasteiger partial charge in [-0.2, -0.15) is 0 Å². The first kappa shape index (κ1) is 14.6. The van der Waals surface area contributed by atoms with E-state index in [1.165, 1.54) is 11.3 Å². The summed E-state index contributed by atoms with van der Waals surface area (Å²) in [5.41, 5.74) is 4.19.